The minimum Gasteiger partial charge on any atom is -0.224 e. The molecule has 0 unspecified atom stereocenters. The Morgan fingerprint density at radius 2 is 2.13 bits per heavy atom. The molecule has 80 valence electrons. The smallest absolute Gasteiger partial charge is 0.178 e. The van der Waals surface area contributed by atoms with Crippen molar-refractivity contribution in [3.63, 3.8) is 0 Å². The van der Waals surface area contributed by atoms with Crippen molar-refractivity contribution >= 4 is 9.84 Å². The molecular formula is C11H11FO2S. The Morgan fingerprint density at radius 1 is 1.47 bits per heavy atom. The second-order valence-electron chi connectivity index (χ2n) is 3.10. The molecule has 0 aliphatic heterocycles. The van der Waals surface area contributed by atoms with E-state index in [2.05, 4.69) is 5.92 Å². The van der Waals surface area contributed by atoms with E-state index in [-0.39, 0.29) is 16.2 Å². The Hall–Kier alpha value is -1.34. The lowest BCUT2D eigenvalue weighted by Gasteiger charge is -2.03. The van der Waals surface area contributed by atoms with Crippen LogP contribution in [0.2, 0.25) is 0 Å². The summed E-state index contributed by atoms with van der Waals surface area (Å²) in [5, 5.41) is 0. The highest BCUT2D eigenvalue weighted by molar-refractivity contribution is 7.91. The van der Waals surface area contributed by atoms with Crippen LogP contribution in [-0.2, 0) is 9.84 Å². The van der Waals surface area contributed by atoms with Gasteiger partial charge in [0.05, 0.1) is 16.2 Å². The van der Waals surface area contributed by atoms with Gasteiger partial charge in [-0.15, -0.1) is 6.42 Å². The van der Waals surface area contributed by atoms with Gasteiger partial charge in [0.2, 0.25) is 0 Å². The van der Waals surface area contributed by atoms with E-state index in [1.165, 1.54) is 12.1 Å². The summed E-state index contributed by atoms with van der Waals surface area (Å²) in [6.07, 6.45) is 5.57. The van der Waals surface area contributed by atoms with Crippen LogP contribution in [0.1, 0.15) is 18.9 Å². The second-order valence-corrected chi connectivity index (χ2v) is 5.21. The fourth-order valence-electron chi connectivity index (χ4n) is 1.20. The molecule has 0 aromatic heterocycles. The highest BCUT2D eigenvalue weighted by Crippen LogP contribution is 2.16. The fourth-order valence-corrected chi connectivity index (χ4v) is 2.54. The van der Waals surface area contributed by atoms with Crippen LogP contribution >= 0.6 is 0 Å². The van der Waals surface area contributed by atoms with Gasteiger partial charge in [0.25, 0.3) is 0 Å². The van der Waals surface area contributed by atoms with Crippen molar-refractivity contribution in [2.45, 2.75) is 18.2 Å². The summed E-state index contributed by atoms with van der Waals surface area (Å²) in [6, 6.07) is 3.51. The molecule has 4 heteroatoms. The summed E-state index contributed by atoms with van der Waals surface area (Å²) < 4.78 is 36.2. The predicted octanol–water partition coefficient (Wildman–Crippen LogP) is 1.99. The SMILES string of the molecule is C#Cc1cc(S(=O)(=O)CCC)ccc1F. The quantitative estimate of drug-likeness (QED) is 0.583. The number of rotatable bonds is 3. The fraction of sp³-hybridized carbons (Fsp3) is 0.273. The molecule has 0 amide bonds. The van der Waals surface area contributed by atoms with Crippen molar-refractivity contribution in [2.24, 2.45) is 0 Å². The molecule has 0 aliphatic rings. The Bertz CT molecular complexity index is 498. The third-order valence-electron chi connectivity index (χ3n) is 1.93. The van der Waals surface area contributed by atoms with Gasteiger partial charge < -0.3 is 0 Å². The maximum absolute atomic E-state index is 13.0. The monoisotopic (exact) mass is 226 g/mol. The largest absolute Gasteiger partial charge is 0.224 e. The topological polar surface area (TPSA) is 34.1 Å². The molecule has 0 saturated heterocycles. The van der Waals surface area contributed by atoms with Crippen LogP contribution in [-0.4, -0.2) is 14.2 Å². The van der Waals surface area contributed by atoms with Gasteiger partial charge >= 0.3 is 0 Å². The molecule has 0 saturated carbocycles. The summed E-state index contributed by atoms with van der Waals surface area (Å²) in [4.78, 5) is 0.0821. The van der Waals surface area contributed by atoms with E-state index in [1.807, 2.05) is 0 Å². The van der Waals surface area contributed by atoms with Gasteiger partial charge in [0.1, 0.15) is 5.82 Å². The first-order valence-corrected chi connectivity index (χ1v) is 6.15. The van der Waals surface area contributed by atoms with Crippen molar-refractivity contribution in [3.05, 3.63) is 29.6 Å². The molecule has 0 fully saturated rings. The molecule has 15 heavy (non-hydrogen) atoms. The van der Waals surface area contributed by atoms with E-state index in [4.69, 9.17) is 6.42 Å². The Kier molecular flexibility index (Phi) is 3.48. The number of benzene rings is 1. The molecule has 0 atom stereocenters. The number of hydrogen-bond acceptors (Lipinski definition) is 2. The summed E-state index contributed by atoms with van der Waals surface area (Å²) in [5.74, 6) is 1.58. The Balaban J connectivity index is 3.24. The van der Waals surface area contributed by atoms with E-state index in [0.717, 1.165) is 6.07 Å². The first-order valence-electron chi connectivity index (χ1n) is 4.50. The van der Waals surface area contributed by atoms with E-state index in [0.29, 0.717) is 6.42 Å². The first kappa shape index (κ1) is 11.7. The summed E-state index contributed by atoms with van der Waals surface area (Å²) >= 11 is 0. The normalized spacial score (nSPS) is 11.0. The summed E-state index contributed by atoms with van der Waals surface area (Å²) in [7, 11) is -3.32. The standard InChI is InChI=1S/C11H11FO2S/c1-3-7-15(13,14)10-5-6-11(12)9(4-2)8-10/h2,5-6,8H,3,7H2,1H3. The highest BCUT2D eigenvalue weighted by Gasteiger charge is 2.14. The molecule has 0 bridgehead atoms. The minimum atomic E-state index is -3.32. The number of halogens is 1. The third-order valence-corrected chi connectivity index (χ3v) is 3.84. The first-order chi connectivity index (χ1) is 7.01. The molecule has 2 nitrogen and oxygen atoms in total. The van der Waals surface area contributed by atoms with Crippen molar-refractivity contribution in [1.82, 2.24) is 0 Å². The number of sulfone groups is 1. The lowest BCUT2D eigenvalue weighted by Crippen LogP contribution is -2.06. The van der Waals surface area contributed by atoms with Crippen LogP contribution in [0.25, 0.3) is 0 Å². The maximum Gasteiger partial charge on any atom is 0.178 e. The molecule has 1 rings (SSSR count). The summed E-state index contributed by atoms with van der Waals surface area (Å²) in [5.41, 5.74) is -0.0211. The maximum atomic E-state index is 13.0. The van der Waals surface area contributed by atoms with E-state index in [9.17, 15) is 12.8 Å². The molecule has 0 heterocycles. The van der Waals surface area contributed by atoms with Crippen molar-refractivity contribution in [2.75, 3.05) is 5.75 Å². The van der Waals surface area contributed by atoms with Crippen LogP contribution < -0.4 is 0 Å². The van der Waals surface area contributed by atoms with Gasteiger partial charge in [-0.2, -0.15) is 0 Å². The third kappa shape index (κ3) is 2.57. The Labute approximate surface area is 89.0 Å². The van der Waals surface area contributed by atoms with Gasteiger partial charge in [0.15, 0.2) is 9.84 Å². The van der Waals surface area contributed by atoms with Crippen LogP contribution in [0.5, 0.6) is 0 Å². The predicted molar refractivity (Wildman–Crippen MR) is 56.7 cm³/mol. The molecule has 0 N–H and O–H groups in total. The van der Waals surface area contributed by atoms with Gasteiger partial charge in [-0.1, -0.05) is 12.8 Å². The number of terminal acetylenes is 1. The zero-order chi connectivity index (χ0) is 11.5. The van der Waals surface area contributed by atoms with Gasteiger partial charge in [-0.05, 0) is 24.6 Å². The molecule has 0 radical (unpaired) electrons. The van der Waals surface area contributed by atoms with Gasteiger partial charge in [-0.25, -0.2) is 12.8 Å². The van der Waals surface area contributed by atoms with Crippen LogP contribution in [0, 0.1) is 18.2 Å². The number of hydrogen-bond donors (Lipinski definition) is 0. The van der Waals surface area contributed by atoms with E-state index in [1.54, 1.807) is 6.92 Å². The van der Waals surface area contributed by atoms with Gasteiger partial charge in [-0.3, -0.25) is 0 Å². The highest BCUT2D eigenvalue weighted by atomic mass is 32.2. The van der Waals surface area contributed by atoms with E-state index < -0.39 is 15.7 Å². The molecule has 0 aliphatic carbocycles. The van der Waals surface area contributed by atoms with Crippen molar-refractivity contribution in [3.8, 4) is 12.3 Å². The molecule has 1 aromatic carbocycles. The van der Waals surface area contributed by atoms with Crippen molar-refractivity contribution < 1.29 is 12.8 Å². The Morgan fingerprint density at radius 3 is 2.67 bits per heavy atom. The van der Waals surface area contributed by atoms with Crippen LogP contribution in [0.4, 0.5) is 4.39 Å². The lowest BCUT2D eigenvalue weighted by molar-refractivity contribution is 0.593. The summed E-state index contributed by atoms with van der Waals surface area (Å²) in [6.45, 7) is 1.77. The minimum absolute atomic E-state index is 0.0211. The molecule has 1 aromatic rings. The zero-order valence-corrected chi connectivity index (χ0v) is 9.14. The second kappa shape index (κ2) is 4.45. The molecule has 0 spiro atoms. The average Bonchev–Trinajstić information content (AvgIpc) is 2.18. The zero-order valence-electron chi connectivity index (χ0n) is 8.33. The lowest BCUT2D eigenvalue weighted by atomic mass is 10.2. The van der Waals surface area contributed by atoms with E-state index >= 15 is 0 Å². The van der Waals surface area contributed by atoms with Crippen molar-refractivity contribution in [1.29, 1.82) is 0 Å². The average molecular weight is 226 g/mol. The van der Waals surface area contributed by atoms with Gasteiger partial charge in [0, 0.05) is 0 Å². The van der Waals surface area contributed by atoms with Crippen LogP contribution in [0.3, 0.4) is 0 Å². The molecular weight excluding hydrogens is 215 g/mol. The van der Waals surface area contributed by atoms with Crippen LogP contribution in [0.15, 0.2) is 23.1 Å².